The first kappa shape index (κ1) is 11.2. The Morgan fingerprint density at radius 3 is 3.11 bits per heavy atom. The van der Waals surface area contributed by atoms with Crippen LogP contribution < -0.4 is 9.47 Å². The summed E-state index contributed by atoms with van der Waals surface area (Å²) >= 11 is 0. The van der Waals surface area contributed by atoms with Gasteiger partial charge in [-0.05, 0) is 37.3 Å². The molecule has 0 radical (unpaired) electrons. The Hall–Kier alpha value is -1.70. The van der Waals surface area contributed by atoms with E-state index in [0.717, 1.165) is 37.2 Å². The smallest absolute Gasteiger partial charge is 0.166 e. The summed E-state index contributed by atoms with van der Waals surface area (Å²) in [6, 6.07) is 4.19. The first-order chi connectivity index (χ1) is 9.35. The van der Waals surface area contributed by atoms with Crippen LogP contribution in [0.15, 0.2) is 30.4 Å². The molecule has 0 N–H and O–H groups in total. The van der Waals surface area contributed by atoms with Crippen LogP contribution in [-0.2, 0) is 5.41 Å². The van der Waals surface area contributed by atoms with Gasteiger partial charge in [0, 0.05) is 5.56 Å². The molecule has 0 saturated carbocycles. The van der Waals surface area contributed by atoms with Crippen molar-refractivity contribution in [2.45, 2.75) is 37.2 Å². The van der Waals surface area contributed by atoms with E-state index in [1.165, 1.54) is 11.1 Å². The quantitative estimate of drug-likeness (QED) is 0.709. The van der Waals surface area contributed by atoms with Gasteiger partial charge in [0.15, 0.2) is 11.5 Å². The molecule has 0 fully saturated rings. The van der Waals surface area contributed by atoms with Crippen molar-refractivity contribution in [2.24, 2.45) is 0 Å². The summed E-state index contributed by atoms with van der Waals surface area (Å²) in [6.45, 7) is 0. The van der Waals surface area contributed by atoms with Gasteiger partial charge >= 0.3 is 0 Å². The zero-order valence-electron chi connectivity index (χ0n) is 11.2. The van der Waals surface area contributed by atoms with Gasteiger partial charge in [-0.25, -0.2) is 0 Å². The molecular weight excluding hydrogens is 236 g/mol. The third kappa shape index (κ3) is 1.37. The van der Waals surface area contributed by atoms with Crippen LogP contribution in [0, 0.1) is 0 Å². The third-order valence-electron chi connectivity index (χ3n) is 4.71. The van der Waals surface area contributed by atoms with Gasteiger partial charge in [-0.15, -0.1) is 0 Å². The molecule has 3 aliphatic rings. The molecule has 0 amide bonds. The van der Waals surface area contributed by atoms with E-state index in [0.29, 0.717) is 0 Å². The van der Waals surface area contributed by atoms with E-state index in [-0.39, 0.29) is 11.5 Å². The fourth-order valence-electron chi connectivity index (χ4n) is 3.83. The molecule has 2 heteroatoms. The van der Waals surface area contributed by atoms with Gasteiger partial charge < -0.3 is 9.47 Å². The van der Waals surface area contributed by atoms with Crippen LogP contribution in [-0.4, -0.2) is 13.2 Å². The van der Waals surface area contributed by atoms with Crippen LogP contribution >= 0.6 is 0 Å². The monoisotopic (exact) mass is 254 g/mol. The Kier molecular flexibility index (Phi) is 2.29. The number of ether oxygens (including phenoxy) is 2. The van der Waals surface area contributed by atoms with Gasteiger partial charge in [0.1, 0.15) is 6.10 Å². The average Bonchev–Trinajstić information content (AvgIpc) is 2.68. The summed E-state index contributed by atoms with van der Waals surface area (Å²) in [4.78, 5) is 0. The fraction of sp³-hybridized carbons (Fsp3) is 0.412. The zero-order valence-corrected chi connectivity index (χ0v) is 11.2. The van der Waals surface area contributed by atoms with E-state index < -0.39 is 0 Å². The number of hydrogen-bond donors (Lipinski definition) is 0. The third-order valence-corrected chi connectivity index (χ3v) is 4.71. The van der Waals surface area contributed by atoms with Crippen molar-refractivity contribution in [3.63, 3.8) is 0 Å². The molecule has 2 aliphatic carbocycles. The summed E-state index contributed by atoms with van der Waals surface area (Å²) in [6.07, 6.45) is 14.0. The second-order valence-electron chi connectivity index (χ2n) is 5.63. The van der Waals surface area contributed by atoms with Crippen molar-refractivity contribution in [3.05, 3.63) is 41.5 Å². The van der Waals surface area contributed by atoms with Crippen molar-refractivity contribution >= 4 is 6.08 Å². The van der Waals surface area contributed by atoms with E-state index in [1.807, 2.05) is 6.07 Å². The molecule has 0 bridgehead atoms. The van der Waals surface area contributed by atoms with E-state index in [2.05, 4.69) is 30.4 Å². The molecule has 1 heterocycles. The lowest BCUT2D eigenvalue weighted by atomic mass is 9.69. The molecule has 1 aromatic rings. The summed E-state index contributed by atoms with van der Waals surface area (Å²) < 4.78 is 11.8. The molecule has 0 unspecified atom stereocenters. The highest BCUT2D eigenvalue weighted by Crippen LogP contribution is 2.55. The number of hydrogen-bond acceptors (Lipinski definition) is 2. The van der Waals surface area contributed by atoms with E-state index in [4.69, 9.17) is 9.47 Å². The second-order valence-corrected chi connectivity index (χ2v) is 5.63. The van der Waals surface area contributed by atoms with Crippen LogP contribution in [0.2, 0.25) is 0 Å². The number of benzene rings is 1. The minimum absolute atomic E-state index is 0.0704. The lowest BCUT2D eigenvalue weighted by molar-refractivity contribution is 0.147. The lowest BCUT2D eigenvalue weighted by Crippen LogP contribution is -2.38. The van der Waals surface area contributed by atoms with Crippen molar-refractivity contribution in [1.29, 1.82) is 0 Å². The first-order valence-corrected chi connectivity index (χ1v) is 7.07. The summed E-state index contributed by atoms with van der Waals surface area (Å²) in [7, 11) is 1.72. The van der Waals surface area contributed by atoms with E-state index >= 15 is 0 Å². The first-order valence-electron chi connectivity index (χ1n) is 7.07. The molecule has 19 heavy (non-hydrogen) atoms. The standard InChI is InChI=1S/C17H18O2/c1-18-13-9-8-12-6-2-4-10-17-11-5-3-7-14(17)19-16(13)15(12)17/h2,5-6,8-9,11,14H,3-4,7,10H2,1H3/t14-,17+/m0/s1. The van der Waals surface area contributed by atoms with Crippen molar-refractivity contribution in [2.75, 3.05) is 7.11 Å². The highest BCUT2D eigenvalue weighted by atomic mass is 16.5. The van der Waals surface area contributed by atoms with Crippen molar-refractivity contribution in [1.82, 2.24) is 0 Å². The Labute approximate surface area is 113 Å². The van der Waals surface area contributed by atoms with Crippen LogP contribution in [0.4, 0.5) is 0 Å². The van der Waals surface area contributed by atoms with Crippen LogP contribution in [0.1, 0.15) is 36.8 Å². The van der Waals surface area contributed by atoms with E-state index in [9.17, 15) is 0 Å². The minimum Gasteiger partial charge on any atom is -0.493 e. The van der Waals surface area contributed by atoms with Crippen LogP contribution in [0.25, 0.3) is 6.08 Å². The number of allylic oxidation sites excluding steroid dienone is 2. The van der Waals surface area contributed by atoms with Crippen molar-refractivity contribution < 1.29 is 9.47 Å². The highest BCUT2D eigenvalue weighted by molar-refractivity contribution is 5.69. The van der Waals surface area contributed by atoms with Gasteiger partial charge in [0.25, 0.3) is 0 Å². The minimum atomic E-state index is 0.0704. The molecule has 98 valence electrons. The number of rotatable bonds is 1. The maximum atomic E-state index is 6.29. The zero-order chi connectivity index (χ0) is 12.9. The largest absolute Gasteiger partial charge is 0.493 e. The number of methoxy groups -OCH3 is 1. The maximum Gasteiger partial charge on any atom is 0.166 e. The maximum absolute atomic E-state index is 6.29. The molecule has 1 spiro atoms. The molecule has 1 aromatic carbocycles. The molecule has 4 rings (SSSR count). The van der Waals surface area contributed by atoms with Crippen molar-refractivity contribution in [3.8, 4) is 11.5 Å². The Morgan fingerprint density at radius 2 is 2.21 bits per heavy atom. The average molecular weight is 254 g/mol. The Bertz CT molecular complexity index is 585. The van der Waals surface area contributed by atoms with Crippen LogP contribution in [0.3, 0.4) is 0 Å². The van der Waals surface area contributed by atoms with Gasteiger partial charge in [0.2, 0.25) is 0 Å². The fourth-order valence-corrected chi connectivity index (χ4v) is 3.83. The molecular formula is C17H18O2. The summed E-state index contributed by atoms with van der Waals surface area (Å²) in [5.41, 5.74) is 2.71. The molecule has 2 nitrogen and oxygen atoms in total. The van der Waals surface area contributed by atoms with Crippen LogP contribution in [0.5, 0.6) is 11.5 Å². The predicted octanol–water partition coefficient (Wildman–Crippen LogP) is 3.85. The highest BCUT2D eigenvalue weighted by Gasteiger charge is 2.50. The van der Waals surface area contributed by atoms with Gasteiger partial charge in [0.05, 0.1) is 12.5 Å². The van der Waals surface area contributed by atoms with E-state index in [1.54, 1.807) is 7.11 Å². The molecule has 1 aliphatic heterocycles. The van der Waals surface area contributed by atoms with Gasteiger partial charge in [-0.2, -0.15) is 0 Å². The Morgan fingerprint density at radius 1 is 1.26 bits per heavy atom. The normalized spacial score (nSPS) is 30.3. The lowest BCUT2D eigenvalue weighted by Gasteiger charge is -2.34. The molecule has 0 saturated heterocycles. The summed E-state index contributed by atoms with van der Waals surface area (Å²) in [5.74, 6) is 1.85. The topological polar surface area (TPSA) is 18.5 Å². The summed E-state index contributed by atoms with van der Waals surface area (Å²) in [5, 5.41) is 0. The van der Waals surface area contributed by atoms with Gasteiger partial charge in [-0.3, -0.25) is 0 Å². The van der Waals surface area contributed by atoms with Gasteiger partial charge in [-0.1, -0.05) is 30.4 Å². The molecule has 0 aromatic heterocycles. The SMILES string of the molecule is COc1ccc2c3c1O[C@H]1CCC=C[C@@]31CCC=C2. The predicted molar refractivity (Wildman–Crippen MR) is 75.7 cm³/mol. The Balaban J connectivity index is 2.02. The second kappa shape index (κ2) is 3.89. The molecule has 2 atom stereocenters.